The first-order chi connectivity index (χ1) is 11.0. The van der Waals surface area contributed by atoms with Gasteiger partial charge in [-0.2, -0.15) is 0 Å². The number of fused-ring (bicyclic) bond motifs is 3. The van der Waals surface area contributed by atoms with Crippen LogP contribution in [0.2, 0.25) is 0 Å². The summed E-state index contributed by atoms with van der Waals surface area (Å²) in [7, 11) is 3.35. The molecule has 1 aliphatic rings. The molecule has 2 aromatic rings. The number of allylic oxidation sites excluding steroid dienone is 1. The average molecular weight is 318 g/mol. The van der Waals surface area contributed by atoms with E-state index >= 15 is 0 Å². The van der Waals surface area contributed by atoms with Crippen molar-refractivity contribution in [1.29, 1.82) is 0 Å². The lowest BCUT2D eigenvalue weighted by Crippen LogP contribution is -2.39. The molecule has 0 bridgehead atoms. The molecular weight excluding hydrogens is 296 g/mol. The molecule has 0 saturated heterocycles. The fourth-order valence-electron chi connectivity index (χ4n) is 3.30. The minimum atomic E-state index is -0.321. The maximum Gasteiger partial charge on any atom is 0.332 e. The van der Waals surface area contributed by atoms with E-state index in [1.54, 1.807) is 21.1 Å². The van der Waals surface area contributed by atoms with Crippen molar-refractivity contribution < 1.29 is 4.74 Å². The zero-order valence-electron chi connectivity index (χ0n) is 14.0. The van der Waals surface area contributed by atoms with Crippen molar-refractivity contribution in [1.82, 2.24) is 18.7 Å². The van der Waals surface area contributed by atoms with Crippen LogP contribution in [0, 0.1) is 0 Å². The molecule has 0 saturated carbocycles. The molecule has 1 unspecified atom stereocenters. The van der Waals surface area contributed by atoms with Gasteiger partial charge < -0.3 is 4.74 Å². The van der Waals surface area contributed by atoms with Crippen LogP contribution in [0.25, 0.3) is 17.4 Å². The Morgan fingerprint density at radius 3 is 2.74 bits per heavy atom. The molecule has 124 valence electrons. The Labute approximate surface area is 133 Å². The molecule has 7 heteroatoms. The Balaban J connectivity index is 2.20. The second kappa shape index (κ2) is 5.81. The molecule has 0 fully saturated rings. The number of nitrogens with zero attached hydrogens (tertiary/aromatic N) is 4. The van der Waals surface area contributed by atoms with Crippen LogP contribution in [0.1, 0.15) is 38.4 Å². The van der Waals surface area contributed by atoms with Gasteiger partial charge in [-0.1, -0.05) is 0 Å². The number of hydrogen-bond donors (Lipinski definition) is 0. The highest BCUT2D eigenvalue weighted by Gasteiger charge is 2.29. The predicted molar refractivity (Wildman–Crippen MR) is 88.7 cm³/mol. The standard InChI is InChI=1S/C16H22N4O3/c1-5-19-15(21)12-14(18(3)16(19)22)17-13-11(7-6-8-23-4)10(2)9-20(12)13/h9,11H,5-8H2,1-4H3. The average Bonchev–Trinajstić information content (AvgIpc) is 3.02. The van der Waals surface area contributed by atoms with Gasteiger partial charge in [0.15, 0.2) is 11.2 Å². The van der Waals surface area contributed by atoms with E-state index in [9.17, 15) is 9.59 Å². The van der Waals surface area contributed by atoms with Gasteiger partial charge in [-0.05, 0) is 32.3 Å². The first-order valence-electron chi connectivity index (χ1n) is 7.90. The summed E-state index contributed by atoms with van der Waals surface area (Å²) in [6.07, 6.45) is 3.80. The van der Waals surface area contributed by atoms with Crippen molar-refractivity contribution in [2.75, 3.05) is 13.7 Å². The van der Waals surface area contributed by atoms with Gasteiger partial charge in [0.05, 0.1) is 0 Å². The third-order valence-corrected chi connectivity index (χ3v) is 4.55. The van der Waals surface area contributed by atoms with Crippen molar-refractivity contribution in [2.45, 2.75) is 39.2 Å². The van der Waals surface area contributed by atoms with E-state index in [1.807, 2.05) is 10.8 Å². The normalized spacial score (nSPS) is 16.9. The van der Waals surface area contributed by atoms with Crippen LogP contribution in [0.3, 0.4) is 0 Å². The zero-order chi connectivity index (χ0) is 16.7. The molecule has 0 amide bonds. The van der Waals surface area contributed by atoms with Crippen LogP contribution >= 0.6 is 0 Å². The predicted octanol–water partition coefficient (Wildman–Crippen LogP) is 1.30. The van der Waals surface area contributed by atoms with E-state index in [-0.39, 0.29) is 17.2 Å². The minimum absolute atomic E-state index is 0.169. The van der Waals surface area contributed by atoms with Crippen molar-refractivity contribution in [3.8, 4) is 0 Å². The Hall–Kier alpha value is -2.15. The van der Waals surface area contributed by atoms with Gasteiger partial charge in [-0.15, -0.1) is 0 Å². The van der Waals surface area contributed by atoms with Gasteiger partial charge >= 0.3 is 5.69 Å². The second-order valence-corrected chi connectivity index (χ2v) is 5.96. The van der Waals surface area contributed by atoms with Crippen LogP contribution in [-0.2, 0) is 18.3 Å². The number of aryl methyl sites for hydroxylation is 1. The number of rotatable bonds is 5. The topological polar surface area (TPSA) is 71.0 Å². The van der Waals surface area contributed by atoms with E-state index in [2.05, 4.69) is 11.9 Å². The molecule has 0 N–H and O–H groups in total. The molecule has 0 radical (unpaired) electrons. The van der Waals surface area contributed by atoms with Crippen LogP contribution in [0.4, 0.5) is 0 Å². The Morgan fingerprint density at radius 2 is 2.09 bits per heavy atom. The molecular formula is C16H22N4O3. The van der Waals surface area contributed by atoms with Gasteiger partial charge in [-0.25, -0.2) is 9.78 Å². The maximum absolute atomic E-state index is 12.7. The number of aromatic nitrogens is 4. The summed E-state index contributed by atoms with van der Waals surface area (Å²) in [6, 6.07) is 0. The van der Waals surface area contributed by atoms with Gasteiger partial charge in [0, 0.05) is 39.4 Å². The molecule has 0 aromatic carbocycles. The van der Waals surface area contributed by atoms with Crippen LogP contribution < -0.4 is 11.2 Å². The smallest absolute Gasteiger partial charge is 0.332 e. The third-order valence-electron chi connectivity index (χ3n) is 4.55. The summed E-state index contributed by atoms with van der Waals surface area (Å²) >= 11 is 0. The number of imidazole rings is 1. The lowest BCUT2D eigenvalue weighted by Gasteiger charge is -2.10. The lowest BCUT2D eigenvalue weighted by molar-refractivity contribution is 0.191. The van der Waals surface area contributed by atoms with Crippen molar-refractivity contribution in [2.24, 2.45) is 7.05 Å². The molecule has 3 rings (SSSR count). The fourth-order valence-corrected chi connectivity index (χ4v) is 3.30. The highest BCUT2D eigenvalue weighted by molar-refractivity contribution is 5.76. The van der Waals surface area contributed by atoms with E-state index in [1.165, 1.54) is 14.7 Å². The summed E-state index contributed by atoms with van der Waals surface area (Å²) in [6.45, 7) is 4.90. The van der Waals surface area contributed by atoms with Crippen molar-refractivity contribution in [3.05, 3.63) is 32.2 Å². The van der Waals surface area contributed by atoms with E-state index in [0.717, 1.165) is 18.7 Å². The molecule has 2 aromatic heterocycles. The van der Waals surface area contributed by atoms with Crippen molar-refractivity contribution in [3.63, 3.8) is 0 Å². The zero-order valence-corrected chi connectivity index (χ0v) is 14.0. The SMILES string of the molecule is CCn1c(=O)c2c(nc3n2C=C(C)C3CCCOC)n(C)c1=O. The maximum atomic E-state index is 12.7. The van der Waals surface area contributed by atoms with Crippen molar-refractivity contribution >= 4 is 17.4 Å². The second-order valence-electron chi connectivity index (χ2n) is 5.96. The van der Waals surface area contributed by atoms with Gasteiger partial charge in [0.2, 0.25) is 0 Å². The summed E-state index contributed by atoms with van der Waals surface area (Å²) in [5.41, 5.74) is 1.53. The van der Waals surface area contributed by atoms with E-state index < -0.39 is 0 Å². The first kappa shape index (κ1) is 15.7. The molecule has 0 aliphatic carbocycles. The van der Waals surface area contributed by atoms with Crippen LogP contribution in [0.15, 0.2) is 15.2 Å². The molecule has 1 atom stereocenters. The third kappa shape index (κ3) is 2.26. The number of hydrogen-bond acceptors (Lipinski definition) is 4. The van der Waals surface area contributed by atoms with E-state index in [4.69, 9.17) is 4.74 Å². The lowest BCUT2D eigenvalue weighted by atomic mass is 9.97. The highest BCUT2D eigenvalue weighted by Crippen LogP contribution is 2.36. The summed E-state index contributed by atoms with van der Waals surface area (Å²) in [5, 5.41) is 0. The molecule has 7 nitrogen and oxygen atoms in total. The fraction of sp³-hybridized carbons (Fsp3) is 0.562. The summed E-state index contributed by atoms with van der Waals surface area (Å²) < 4.78 is 9.69. The van der Waals surface area contributed by atoms with Crippen LogP contribution in [0.5, 0.6) is 0 Å². The summed E-state index contributed by atoms with van der Waals surface area (Å²) in [4.78, 5) is 29.5. The van der Waals surface area contributed by atoms with Gasteiger partial charge in [-0.3, -0.25) is 18.5 Å². The molecule has 3 heterocycles. The first-order valence-corrected chi connectivity index (χ1v) is 7.90. The number of methoxy groups -OCH3 is 1. The molecule has 1 aliphatic heterocycles. The highest BCUT2D eigenvalue weighted by atomic mass is 16.5. The Bertz CT molecular complexity index is 901. The van der Waals surface area contributed by atoms with E-state index in [0.29, 0.717) is 24.3 Å². The van der Waals surface area contributed by atoms with Gasteiger partial charge in [0.1, 0.15) is 5.82 Å². The molecule has 23 heavy (non-hydrogen) atoms. The van der Waals surface area contributed by atoms with Crippen LogP contribution in [-0.4, -0.2) is 32.4 Å². The number of ether oxygens (including phenoxy) is 1. The minimum Gasteiger partial charge on any atom is -0.385 e. The molecule has 0 spiro atoms. The van der Waals surface area contributed by atoms with Gasteiger partial charge in [0.25, 0.3) is 5.56 Å². The summed E-state index contributed by atoms with van der Waals surface area (Å²) in [5.74, 6) is 1.01. The largest absolute Gasteiger partial charge is 0.385 e. The quantitative estimate of drug-likeness (QED) is 0.779. The Kier molecular flexibility index (Phi) is 3.97. The Morgan fingerprint density at radius 1 is 1.35 bits per heavy atom. The monoisotopic (exact) mass is 318 g/mol.